The van der Waals surface area contributed by atoms with E-state index in [1.165, 1.54) is 5.56 Å². The Labute approximate surface area is 155 Å². The second kappa shape index (κ2) is 8.65. The zero-order valence-corrected chi connectivity index (χ0v) is 15.3. The van der Waals surface area contributed by atoms with Gasteiger partial charge in [-0.3, -0.25) is 9.59 Å². The van der Waals surface area contributed by atoms with Gasteiger partial charge in [-0.2, -0.15) is 0 Å². The zero-order chi connectivity index (χ0) is 18.4. The van der Waals surface area contributed by atoms with Crippen LogP contribution in [0.15, 0.2) is 54.6 Å². The quantitative estimate of drug-likeness (QED) is 0.856. The smallest absolute Gasteiger partial charge is 0.313 e. The Morgan fingerprint density at radius 2 is 1.65 bits per heavy atom. The van der Waals surface area contributed by atoms with Gasteiger partial charge in [-0.1, -0.05) is 55.5 Å². The molecule has 136 valence electrons. The number of hydrogen-bond acceptors (Lipinski definition) is 2. The number of anilines is 1. The lowest BCUT2D eigenvalue weighted by Crippen LogP contribution is -2.44. The third kappa shape index (κ3) is 4.51. The number of aryl methyl sites for hydroxylation is 1. The molecule has 0 aromatic heterocycles. The number of rotatable bonds is 4. The number of hydrogen-bond donors (Lipinski definition) is 1. The van der Waals surface area contributed by atoms with Crippen LogP contribution in [0.1, 0.15) is 30.9 Å². The molecule has 26 heavy (non-hydrogen) atoms. The van der Waals surface area contributed by atoms with Crippen molar-refractivity contribution in [3.8, 4) is 0 Å². The van der Waals surface area contributed by atoms with E-state index in [4.69, 9.17) is 0 Å². The normalized spacial score (nSPS) is 14.9. The Morgan fingerprint density at radius 3 is 2.35 bits per heavy atom. The van der Waals surface area contributed by atoms with Gasteiger partial charge in [0.1, 0.15) is 0 Å². The Bertz CT molecular complexity index is 750. The summed E-state index contributed by atoms with van der Waals surface area (Å²) in [7, 11) is 0. The highest BCUT2D eigenvalue weighted by Crippen LogP contribution is 2.22. The van der Waals surface area contributed by atoms with Gasteiger partial charge in [0, 0.05) is 18.8 Å². The van der Waals surface area contributed by atoms with E-state index in [2.05, 4.69) is 29.6 Å². The van der Waals surface area contributed by atoms with Crippen LogP contribution in [0, 0.1) is 5.92 Å². The van der Waals surface area contributed by atoms with Crippen molar-refractivity contribution in [1.82, 2.24) is 4.90 Å². The number of carbonyl (C=O) groups is 2. The SMILES string of the molecule is CCc1ccccc1NC(=O)C(=O)N1CCC(Cc2ccccc2)CC1. The lowest BCUT2D eigenvalue weighted by atomic mass is 9.90. The Kier molecular flexibility index (Phi) is 6.05. The van der Waals surface area contributed by atoms with E-state index in [0.717, 1.165) is 36.9 Å². The Morgan fingerprint density at radius 1 is 1.00 bits per heavy atom. The molecule has 1 N–H and O–H groups in total. The Balaban J connectivity index is 1.52. The van der Waals surface area contributed by atoms with Gasteiger partial charge >= 0.3 is 11.8 Å². The van der Waals surface area contributed by atoms with Crippen LogP contribution in [0.25, 0.3) is 0 Å². The predicted molar refractivity (Wildman–Crippen MR) is 104 cm³/mol. The van der Waals surface area contributed by atoms with Crippen LogP contribution in [-0.4, -0.2) is 29.8 Å². The van der Waals surface area contributed by atoms with Crippen molar-refractivity contribution in [2.45, 2.75) is 32.6 Å². The molecule has 0 aliphatic carbocycles. The molecule has 1 heterocycles. The summed E-state index contributed by atoms with van der Waals surface area (Å²) in [5.74, 6) is -0.383. The highest BCUT2D eigenvalue weighted by Gasteiger charge is 2.27. The summed E-state index contributed by atoms with van der Waals surface area (Å²) in [6.07, 6.45) is 3.74. The molecule has 0 radical (unpaired) electrons. The fraction of sp³-hybridized carbons (Fsp3) is 0.364. The predicted octanol–water partition coefficient (Wildman–Crippen LogP) is 3.67. The van der Waals surface area contributed by atoms with Crippen molar-refractivity contribution in [2.75, 3.05) is 18.4 Å². The molecule has 0 atom stereocenters. The summed E-state index contributed by atoms with van der Waals surface area (Å²) in [6.45, 7) is 3.34. The molecule has 0 saturated carbocycles. The molecule has 1 saturated heterocycles. The molecule has 3 rings (SSSR count). The third-order valence-electron chi connectivity index (χ3n) is 5.11. The second-order valence-electron chi connectivity index (χ2n) is 6.89. The maximum Gasteiger partial charge on any atom is 0.313 e. The van der Waals surface area contributed by atoms with Crippen LogP contribution in [0.5, 0.6) is 0 Å². The molecule has 1 aliphatic heterocycles. The molecule has 0 spiro atoms. The first-order chi connectivity index (χ1) is 12.7. The number of benzene rings is 2. The lowest BCUT2D eigenvalue weighted by Gasteiger charge is -2.31. The highest BCUT2D eigenvalue weighted by atomic mass is 16.2. The molecular weight excluding hydrogens is 324 g/mol. The van der Waals surface area contributed by atoms with E-state index < -0.39 is 11.8 Å². The minimum absolute atomic E-state index is 0.422. The monoisotopic (exact) mass is 350 g/mol. The third-order valence-corrected chi connectivity index (χ3v) is 5.11. The van der Waals surface area contributed by atoms with Gasteiger partial charge < -0.3 is 10.2 Å². The first kappa shape index (κ1) is 18.2. The molecule has 0 bridgehead atoms. The number of nitrogens with zero attached hydrogens (tertiary/aromatic N) is 1. The summed E-state index contributed by atoms with van der Waals surface area (Å²) >= 11 is 0. The van der Waals surface area contributed by atoms with Crippen LogP contribution in [-0.2, 0) is 22.4 Å². The maximum atomic E-state index is 12.5. The largest absolute Gasteiger partial charge is 0.334 e. The van der Waals surface area contributed by atoms with E-state index in [1.807, 2.05) is 37.3 Å². The lowest BCUT2D eigenvalue weighted by molar-refractivity contribution is -0.144. The Hall–Kier alpha value is -2.62. The number of amides is 2. The van der Waals surface area contributed by atoms with Gasteiger partial charge in [-0.25, -0.2) is 0 Å². The van der Waals surface area contributed by atoms with Crippen LogP contribution in [0.4, 0.5) is 5.69 Å². The molecule has 0 unspecified atom stereocenters. The van der Waals surface area contributed by atoms with Crippen molar-refractivity contribution in [3.63, 3.8) is 0 Å². The summed E-state index contributed by atoms with van der Waals surface area (Å²) < 4.78 is 0. The minimum Gasteiger partial charge on any atom is -0.334 e. The average molecular weight is 350 g/mol. The first-order valence-electron chi connectivity index (χ1n) is 9.39. The van der Waals surface area contributed by atoms with Gasteiger partial charge in [-0.05, 0) is 48.8 Å². The van der Waals surface area contributed by atoms with Crippen LogP contribution >= 0.6 is 0 Å². The average Bonchev–Trinajstić information content (AvgIpc) is 2.69. The van der Waals surface area contributed by atoms with Crippen molar-refractivity contribution < 1.29 is 9.59 Å². The van der Waals surface area contributed by atoms with Crippen molar-refractivity contribution in [1.29, 1.82) is 0 Å². The van der Waals surface area contributed by atoms with Gasteiger partial charge in [0.05, 0.1) is 0 Å². The van der Waals surface area contributed by atoms with Crippen molar-refractivity contribution in [2.24, 2.45) is 5.92 Å². The van der Waals surface area contributed by atoms with E-state index in [-0.39, 0.29) is 0 Å². The number of likely N-dealkylation sites (tertiary alicyclic amines) is 1. The molecule has 2 aromatic rings. The van der Waals surface area contributed by atoms with E-state index >= 15 is 0 Å². The summed E-state index contributed by atoms with van der Waals surface area (Å²) in [5, 5.41) is 2.78. The topological polar surface area (TPSA) is 49.4 Å². The van der Waals surface area contributed by atoms with Gasteiger partial charge in [-0.15, -0.1) is 0 Å². The standard InChI is InChI=1S/C22H26N2O2/c1-2-19-10-6-7-11-20(19)23-21(25)22(26)24-14-12-18(13-15-24)16-17-8-4-3-5-9-17/h3-11,18H,2,12-16H2,1H3,(H,23,25). The fourth-order valence-corrected chi connectivity index (χ4v) is 3.56. The number of carbonyl (C=O) groups excluding carboxylic acids is 2. The minimum atomic E-state index is -0.535. The van der Waals surface area contributed by atoms with Crippen molar-refractivity contribution >= 4 is 17.5 Å². The molecule has 4 heteroatoms. The number of para-hydroxylation sites is 1. The summed E-state index contributed by atoms with van der Waals surface area (Å²) in [5.41, 5.74) is 3.11. The highest BCUT2D eigenvalue weighted by molar-refractivity contribution is 6.39. The zero-order valence-electron chi connectivity index (χ0n) is 15.3. The van der Waals surface area contributed by atoms with E-state index in [9.17, 15) is 9.59 Å². The van der Waals surface area contributed by atoms with E-state index in [1.54, 1.807) is 4.90 Å². The molecule has 2 amide bonds. The maximum absolute atomic E-state index is 12.5. The van der Waals surface area contributed by atoms with Gasteiger partial charge in [0.25, 0.3) is 0 Å². The molecular formula is C22H26N2O2. The summed E-state index contributed by atoms with van der Waals surface area (Å²) in [6, 6.07) is 18.1. The van der Waals surface area contributed by atoms with Gasteiger partial charge in [0.2, 0.25) is 0 Å². The summed E-state index contributed by atoms with van der Waals surface area (Å²) in [4.78, 5) is 26.5. The van der Waals surface area contributed by atoms with E-state index in [0.29, 0.717) is 19.0 Å². The second-order valence-corrected chi connectivity index (χ2v) is 6.89. The number of piperidine rings is 1. The van der Waals surface area contributed by atoms with Crippen LogP contribution < -0.4 is 5.32 Å². The molecule has 1 fully saturated rings. The van der Waals surface area contributed by atoms with Gasteiger partial charge in [0.15, 0.2) is 0 Å². The number of nitrogens with one attached hydrogen (secondary N) is 1. The first-order valence-corrected chi connectivity index (χ1v) is 9.39. The fourth-order valence-electron chi connectivity index (χ4n) is 3.56. The molecule has 1 aliphatic rings. The molecule has 4 nitrogen and oxygen atoms in total. The van der Waals surface area contributed by atoms with Crippen LogP contribution in [0.3, 0.4) is 0 Å². The van der Waals surface area contributed by atoms with Crippen LogP contribution in [0.2, 0.25) is 0 Å². The molecule has 2 aromatic carbocycles. The van der Waals surface area contributed by atoms with Crippen molar-refractivity contribution in [3.05, 3.63) is 65.7 Å².